The molecule has 2 aromatic rings. The maximum absolute atomic E-state index is 11.1. The lowest BCUT2D eigenvalue weighted by molar-refractivity contribution is -0.130. The zero-order valence-electron chi connectivity index (χ0n) is 8.33. The molecule has 0 radical (unpaired) electrons. The number of aromatic nitrogens is 1. The van der Waals surface area contributed by atoms with Gasteiger partial charge in [0.15, 0.2) is 0 Å². The largest absolute Gasteiger partial charge is 0.478 e. The summed E-state index contributed by atoms with van der Waals surface area (Å²) in [7, 11) is 0. The monoisotopic (exact) mass is 231 g/mol. The zero-order chi connectivity index (χ0) is 11.4. The van der Waals surface area contributed by atoms with E-state index in [-0.39, 0.29) is 0 Å². The van der Waals surface area contributed by atoms with Gasteiger partial charge in [-0.1, -0.05) is 6.07 Å². The fourth-order valence-electron chi connectivity index (χ4n) is 1.30. The molecule has 80 valence electrons. The van der Waals surface area contributed by atoms with Gasteiger partial charge in [0.1, 0.15) is 0 Å². The lowest BCUT2D eigenvalue weighted by atomic mass is 10.1. The van der Waals surface area contributed by atoms with Crippen LogP contribution in [0.25, 0.3) is 11.6 Å². The van der Waals surface area contributed by atoms with Gasteiger partial charge in [-0.2, -0.15) is 0 Å². The highest BCUT2D eigenvalue weighted by molar-refractivity contribution is 7.11. The quantitative estimate of drug-likeness (QED) is 0.826. The number of carbonyl (C=O) groups is 1. The molecular weight excluding hydrogens is 222 g/mol. The summed E-state index contributed by atoms with van der Waals surface area (Å²) < 4.78 is 0. The first-order valence-corrected chi connectivity index (χ1v) is 5.54. The van der Waals surface area contributed by atoms with E-state index in [9.17, 15) is 4.79 Å². The summed E-state index contributed by atoms with van der Waals surface area (Å²) in [5.41, 5.74) is 1.14. The van der Waals surface area contributed by atoms with Crippen LogP contribution in [-0.4, -0.2) is 16.1 Å². The standard InChI is InChI=1S/C12H9NO2S/c14-12(15)10(11-2-1-7-16-11)8-9-3-5-13-6-4-9/h1-8H,(H,14,15)/b10-8-. The molecule has 0 aliphatic heterocycles. The average molecular weight is 231 g/mol. The van der Waals surface area contributed by atoms with Gasteiger partial charge in [0.2, 0.25) is 0 Å². The Bertz CT molecular complexity index is 503. The normalized spacial score (nSPS) is 11.4. The van der Waals surface area contributed by atoms with Gasteiger partial charge in [0, 0.05) is 17.3 Å². The number of nitrogens with zero attached hydrogens (tertiary/aromatic N) is 1. The van der Waals surface area contributed by atoms with E-state index in [0.29, 0.717) is 5.57 Å². The molecule has 0 atom stereocenters. The molecule has 1 N–H and O–H groups in total. The second-order valence-electron chi connectivity index (χ2n) is 3.12. The SMILES string of the molecule is O=C(O)/C(=C\c1ccncc1)c1cccs1. The van der Waals surface area contributed by atoms with Gasteiger partial charge in [-0.3, -0.25) is 4.98 Å². The first kappa shape index (κ1) is 10.6. The molecule has 0 aliphatic carbocycles. The second-order valence-corrected chi connectivity index (χ2v) is 4.07. The minimum atomic E-state index is -0.917. The summed E-state index contributed by atoms with van der Waals surface area (Å²) in [4.78, 5) is 15.8. The van der Waals surface area contributed by atoms with E-state index >= 15 is 0 Å². The van der Waals surface area contributed by atoms with Crippen molar-refractivity contribution in [1.82, 2.24) is 4.98 Å². The Morgan fingerprint density at radius 1 is 1.31 bits per heavy atom. The minimum absolute atomic E-state index is 0.307. The molecule has 0 saturated carbocycles. The number of carboxylic acid groups (broad SMARTS) is 1. The maximum Gasteiger partial charge on any atom is 0.337 e. The Morgan fingerprint density at radius 3 is 2.62 bits per heavy atom. The van der Waals surface area contributed by atoms with Crippen LogP contribution in [0.4, 0.5) is 0 Å². The second kappa shape index (κ2) is 4.72. The third kappa shape index (κ3) is 2.35. The minimum Gasteiger partial charge on any atom is -0.478 e. The van der Waals surface area contributed by atoms with Crippen molar-refractivity contribution in [3.8, 4) is 0 Å². The van der Waals surface area contributed by atoms with Crippen molar-refractivity contribution < 1.29 is 9.90 Å². The third-order valence-corrected chi connectivity index (χ3v) is 2.94. The van der Waals surface area contributed by atoms with Crippen molar-refractivity contribution in [3.05, 3.63) is 52.5 Å². The zero-order valence-corrected chi connectivity index (χ0v) is 9.15. The molecule has 0 unspecified atom stereocenters. The number of aliphatic carboxylic acids is 1. The molecule has 0 fully saturated rings. The van der Waals surface area contributed by atoms with Crippen molar-refractivity contribution in [1.29, 1.82) is 0 Å². The van der Waals surface area contributed by atoms with Gasteiger partial charge in [0.25, 0.3) is 0 Å². The van der Waals surface area contributed by atoms with Crippen LogP contribution in [0.15, 0.2) is 42.0 Å². The highest BCUT2D eigenvalue weighted by Crippen LogP contribution is 2.22. The van der Waals surface area contributed by atoms with Crippen LogP contribution in [0.2, 0.25) is 0 Å². The first-order valence-electron chi connectivity index (χ1n) is 4.66. The highest BCUT2D eigenvalue weighted by atomic mass is 32.1. The lowest BCUT2D eigenvalue weighted by Gasteiger charge is -1.99. The van der Waals surface area contributed by atoms with Crippen LogP contribution in [-0.2, 0) is 4.79 Å². The molecule has 0 spiro atoms. The molecule has 4 heteroatoms. The van der Waals surface area contributed by atoms with Crippen LogP contribution in [0.1, 0.15) is 10.4 Å². The Labute approximate surface area is 96.7 Å². The maximum atomic E-state index is 11.1. The molecule has 2 heterocycles. The molecule has 0 amide bonds. The predicted octanol–water partition coefficient (Wildman–Crippen LogP) is 2.77. The van der Waals surface area contributed by atoms with E-state index in [1.807, 2.05) is 11.4 Å². The Hall–Kier alpha value is -1.94. The summed E-state index contributed by atoms with van der Waals surface area (Å²) >= 11 is 1.41. The molecule has 2 rings (SSSR count). The number of thiophene rings is 1. The van der Waals surface area contributed by atoms with Gasteiger partial charge in [-0.05, 0) is 35.2 Å². The lowest BCUT2D eigenvalue weighted by Crippen LogP contribution is -1.97. The van der Waals surface area contributed by atoms with E-state index in [1.54, 1.807) is 36.7 Å². The van der Waals surface area contributed by atoms with Crippen molar-refractivity contribution >= 4 is 29.0 Å². The van der Waals surface area contributed by atoms with Gasteiger partial charge in [-0.15, -0.1) is 11.3 Å². The number of pyridine rings is 1. The fraction of sp³-hybridized carbons (Fsp3) is 0. The first-order chi connectivity index (χ1) is 7.77. The smallest absolute Gasteiger partial charge is 0.337 e. The van der Waals surface area contributed by atoms with Crippen LogP contribution in [0.5, 0.6) is 0 Å². The van der Waals surface area contributed by atoms with Crippen LogP contribution >= 0.6 is 11.3 Å². The van der Waals surface area contributed by atoms with Gasteiger partial charge in [-0.25, -0.2) is 4.79 Å². The summed E-state index contributed by atoms with van der Waals surface area (Å²) in [5.74, 6) is -0.917. The average Bonchev–Trinajstić information content (AvgIpc) is 2.80. The molecule has 0 aromatic carbocycles. The number of hydrogen-bond acceptors (Lipinski definition) is 3. The van der Waals surface area contributed by atoms with E-state index in [1.165, 1.54) is 11.3 Å². The van der Waals surface area contributed by atoms with Gasteiger partial charge < -0.3 is 5.11 Å². The molecule has 0 aliphatic rings. The molecule has 16 heavy (non-hydrogen) atoms. The van der Waals surface area contributed by atoms with Crippen LogP contribution < -0.4 is 0 Å². The van der Waals surface area contributed by atoms with Crippen molar-refractivity contribution in [3.63, 3.8) is 0 Å². The van der Waals surface area contributed by atoms with Gasteiger partial charge in [0.05, 0.1) is 5.57 Å². The number of hydrogen-bond donors (Lipinski definition) is 1. The summed E-state index contributed by atoms with van der Waals surface area (Å²) in [6, 6.07) is 7.18. The highest BCUT2D eigenvalue weighted by Gasteiger charge is 2.10. The van der Waals surface area contributed by atoms with E-state index in [4.69, 9.17) is 5.11 Å². The molecule has 0 saturated heterocycles. The Morgan fingerprint density at radius 2 is 2.06 bits per heavy atom. The molecule has 0 bridgehead atoms. The van der Waals surface area contributed by atoms with Crippen LogP contribution in [0, 0.1) is 0 Å². The van der Waals surface area contributed by atoms with E-state index in [2.05, 4.69) is 4.98 Å². The third-order valence-electron chi connectivity index (χ3n) is 2.03. The van der Waals surface area contributed by atoms with E-state index in [0.717, 1.165) is 10.4 Å². The summed E-state index contributed by atoms with van der Waals surface area (Å²) in [5, 5.41) is 11.0. The molecule has 3 nitrogen and oxygen atoms in total. The Kier molecular flexibility index (Phi) is 3.12. The molecule has 2 aromatic heterocycles. The number of carboxylic acids is 1. The predicted molar refractivity (Wildman–Crippen MR) is 64.1 cm³/mol. The molecular formula is C12H9NO2S. The van der Waals surface area contributed by atoms with Crippen molar-refractivity contribution in [2.45, 2.75) is 0 Å². The van der Waals surface area contributed by atoms with Crippen molar-refractivity contribution in [2.75, 3.05) is 0 Å². The fourth-order valence-corrected chi connectivity index (χ4v) is 2.03. The summed E-state index contributed by atoms with van der Waals surface area (Å²) in [6.07, 6.45) is 4.93. The van der Waals surface area contributed by atoms with E-state index < -0.39 is 5.97 Å². The Balaban J connectivity index is 2.42. The number of rotatable bonds is 3. The van der Waals surface area contributed by atoms with Gasteiger partial charge >= 0.3 is 5.97 Å². The van der Waals surface area contributed by atoms with Crippen LogP contribution in [0.3, 0.4) is 0 Å². The van der Waals surface area contributed by atoms with Crippen molar-refractivity contribution in [2.24, 2.45) is 0 Å². The topological polar surface area (TPSA) is 50.2 Å². The summed E-state index contributed by atoms with van der Waals surface area (Å²) in [6.45, 7) is 0.